The summed E-state index contributed by atoms with van der Waals surface area (Å²) in [5.41, 5.74) is 0.279. The van der Waals surface area contributed by atoms with E-state index in [0.717, 1.165) is 10.6 Å². The van der Waals surface area contributed by atoms with Crippen LogP contribution < -0.4 is 23.8 Å². The molecule has 0 saturated heterocycles. The number of ether oxygens (including phenoxy) is 3. The van der Waals surface area contributed by atoms with Crippen LogP contribution in [0.5, 0.6) is 17.2 Å². The zero-order chi connectivity index (χ0) is 22.6. The van der Waals surface area contributed by atoms with Crippen LogP contribution >= 0.6 is 11.6 Å². The summed E-state index contributed by atoms with van der Waals surface area (Å²) in [5, 5.41) is 3.03. The van der Waals surface area contributed by atoms with Crippen molar-refractivity contribution < 1.29 is 27.4 Å². The minimum atomic E-state index is -3.78. The molecule has 2 atom stereocenters. The number of fused-ring (bicyclic) bond motifs is 1. The lowest BCUT2D eigenvalue weighted by molar-refractivity contribution is -0.122. The Balaban J connectivity index is 1.75. The van der Waals surface area contributed by atoms with E-state index in [4.69, 9.17) is 25.8 Å². The minimum Gasteiger partial charge on any atom is -0.495 e. The predicted octanol–water partition coefficient (Wildman–Crippen LogP) is 2.85. The monoisotopic (exact) mass is 468 g/mol. The summed E-state index contributed by atoms with van der Waals surface area (Å²) in [6, 6.07) is 10.9. The number of amides is 1. The molecule has 0 aromatic heterocycles. The zero-order valence-corrected chi connectivity index (χ0v) is 19.1. The zero-order valence-electron chi connectivity index (χ0n) is 17.5. The van der Waals surface area contributed by atoms with Crippen LogP contribution in [0.4, 0.5) is 5.69 Å². The summed E-state index contributed by atoms with van der Waals surface area (Å²) in [5.74, 6) is 1.22. The number of halogens is 1. The molecule has 1 amide bonds. The number of rotatable bonds is 8. The largest absolute Gasteiger partial charge is 0.495 e. The lowest BCUT2D eigenvalue weighted by atomic mass is 10.1. The highest BCUT2D eigenvalue weighted by Crippen LogP contribution is 2.32. The first-order valence-electron chi connectivity index (χ1n) is 9.73. The Kier molecular flexibility index (Phi) is 7.17. The van der Waals surface area contributed by atoms with Gasteiger partial charge in [-0.3, -0.25) is 9.10 Å². The molecular weight excluding hydrogens is 444 g/mol. The van der Waals surface area contributed by atoms with E-state index >= 15 is 0 Å². The molecule has 0 radical (unpaired) electrons. The average Bonchev–Trinajstić information content (AvgIpc) is 2.74. The third-order valence-corrected chi connectivity index (χ3v) is 6.27. The number of sulfonamides is 1. The molecule has 0 aliphatic carbocycles. The summed E-state index contributed by atoms with van der Waals surface area (Å²) in [7, 11) is -2.31. The molecular formula is C21H25ClN2O6S. The standard InChI is InChI=1S/C21H25ClN2O6S/c1-4-17(24(31(3,26)27)14-9-10-18(28-2)16(22)11-14)21(25)23-12-15-13-29-19-7-5-6-8-20(19)30-15/h5-11,15,17H,4,12-13H2,1-3H3,(H,23,25)/t15-,17+/m0/s1. The maximum atomic E-state index is 13.0. The van der Waals surface area contributed by atoms with Gasteiger partial charge in [0, 0.05) is 0 Å². The molecule has 1 heterocycles. The van der Waals surface area contributed by atoms with Gasteiger partial charge in [-0.1, -0.05) is 30.7 Å². The molecule has 168 valence electrons. The van der Waals surface area contributed by atoms with E-state index in [9.17, 15) is 13.2 Å². The van der Waals surface area contributed by atoms with Gasteiger partial charge in [-0.15, -0.1) is 0 Å². The summed E-state index contributed by atoms with van der Waals surface area (Å²) in [6.45, 7) is 2.19. The first kappa shape index (κ1) is 23.0. The molecule has 3 rings (SSSR count). The van der Waals surface area contributed by atoms with Crippen LogP contribution in [0.1, 0.15) is 13.3 Å². The van der Waals surface area contributed by atoms with Gasteiger partial charge in [-0.05, 0) is 36.8 Å². The van der Waals surface area contributed by atoms with Crippen molar-refractivity contribution in [3.8, 4) is 17.2 Å². The Hall–Kier alpha value is -2.65. The number of para-hydroxylation sites is 2. The third-order valence-electron chi connectivity index (χ3n) is 4.79. The maximum Gasteiger partial charge on any atom is 0.244 e. The van der Waals surface area contributed by atoms with E-state index in [-0.39, 0.29) is 30.3 Å². The van der Waals surface area contributed by atoms with Crippen molar-refractivity contribution in [3.63, 3.8) is 0 Å². The maximum absolute atomic E-state index is 13.0. The van der Waals surface area contributed by atoms with Crippen molar-refractivity contribution in [2.45, 2.75) is 25.5 Å². The fraction of sp³-hybridized carbons (Fsp3) is 0.381. The smallest absolute Gasteiger partial charge is 0.244 e. The second-order valence-electron chi connectivity index (χ2n) is 7.04. The van der Waals surface area contributed by atoms with Crippen LogP contribution in [-0.4, -0.2) is 53.0 Å². The Labute approximate surface area is 187 Å². The number of nitrogens with one attached hydrogen (secondary N) is 1. The van der Waals surface area contributed by atoms with Crippen LogP contribution in [-0.2, 0) is 14.8 Å². The van der Waals surface area contributed by atoms with Crippen molar-refractivity contribution in [1.82, 2.24) is 5.32 Å². The number of carbonyl (C=O) groups is 1. The van der Waals surface area contributed by atoms with E-state index in [2.05, 4.69) is 5.32 Å². The molecule has 0 spiro atoms. The molecule has 2 aromatic carbocycles. The number of anilines is 1. The van der Waals surface area contributed by atoms with E-state index in [1.807, 2.05) is 12.1 Å². The van der Waals surface area contributed by atoms with Crippen LogP contribution in [0.3, 0.4) is 0 Å². The van der Waals surface area contributed by atoms with Gasteiger partial charge in [-0.25, -0.2) is 8.42 Å². The highest BCUT2D eigenvalue weighted by Gasteiger charge is 2.32. The Morgan fingerprint density at radius 2 is 2.00 bits per heavy atom. The van der Waals surface area contributed by atoms with Gasteiger partial charge in [0.15, 0.2) is 11.5 Å². The van der Waals surface area contributed by atoms with Crippen LogP contribution in [0.15, 0.2) is 42.5 Å². The van der Waals surface area contributed by atoms with Gasteiger partial charge in [0.25, 0.3) is 0 Å². The van der Waals surface area contributed by atoms with Crippen LogP contribution in [0, 0.1) is 0 Å². The quantitative estimate of drug-likeness (QED) is 0.640. The number of nitrogens with zero attached hydrogens (tertiary/aromatic N) is 1. The fourth-order valence-electron chi connectivity index (χ4n) is 3.35. The topological polar surface area (TPSA) is 94.2 Å². The molecule has 0 saturated carbocycles. The fourth-order valence-corrected chi connectivity index (χ4v) is 4.80. The number of methoxy groups -OCH3 is 1. The molecule has 10 heteroatoms. The van der Waals surface area contributed by atoms with Gasteiger partial charge in [0.2, 0.25) is 15.9 Å². The first-order chi connectivity index (χ1) is 14.7. The Bertz CT molecular complexity index is 1050. The summed E-state index contributed by atoms with van der Waals surface area (Å²) in [6.07, 6.45) is 0.919. The highest BCUT2D eigenvalue weighted by atomic mass is 35.5. The molecule has 1 aliphatic heterocycles. The van der Waals surface area contributed by atoms with E-state index < -0.39 is 28.1 Å². The van der Waals surface area contributed by atoms with Crippen molar-refractivity contribution in [3.05, 3.63) is 47.5 Å². The summed E-state index contributed by atoms with van der Waals surface area (Å²) >= 11 is 6.18. The van der Waals surface area contributed by atoms with E-state index in [1.54, 1.807) is 31.2 Å². The molecule has 8 nitrogen and oxygen atoms in total. The predicted molar refractivity (Wildman–Crippen MR) is 119 cm³/mol. The molecule has 31 heavy (non-hydrogen) atoms. The number of benzene rings is 2. The lowest BCUT2D eigenvalue weighted by Gasteiger charge is -2.31. The normalized spacial score (nSPS) is 16.3. The van der Waals surface area contributed by atoms with Crippen molar-refractivity contribution in [2.24, 2.45) is 0 Å². The molecule has 1 aliphatic rings. The highest BCUT2D eigenvalue weighted by molar-refractivity contribution is 7.92. The Morgan fingerprint density at radius 3 is 2.61 bits per heavy atom. The minimum absolute atomic E-state index is 0.171. The van der Waals surface area contributed by atoms with Crippen molar-refractivity contribution in [2.75, 3.05) is 30.8 Å². The van der Waals surface area contributed by atoms with Gasteiger partial charge in [0.05, 0.1) is 30.6 Å². The number of hydrogen-bond acceptors (Lipinski definition) is 6. The summed E-state index contributed by atoms with van der Waals surface area (Å²) in [4.78, 5) is 13.0. The van der Waals surface area contributed by atoms with E-state index in [1.165, 1.54) is 13.2 Å². The molecule has 0 bridgehead atoms. The molecule has 0 fully saturated rings. The van der Waals surface area contributed by atoms with Crippen molar-refractivity contribution in [1.29, 1.82) is 0 Å². The van der Waals surface area contributed by atoms with Gasteiger partial charge >= 0.3 is 0 Å². The van der Waals surface area contributed by atoms with Gasteiger partial charge in [-0.2, -0.15) is 0 Å². The lowest BCUT2D eigenvalue weighted by Crippen LogP contribution is -2.51. The van der Waals surface area contributed by atoms with E-state index in [0.29, 0.717) is 17.2 Å². The van der Waals surface area contributed by atoms with Gasteiger partial charge in [0.1, 0.15) is 24.5 Å². The van der Waals surface area contributed by atoms with Crippen LogP contribution in [0.2, 0.25) is 5.02 Å². The third kappa shape index (κ3) is 5.34. The van der Waals surface area contributed by atoms with Crippen molar-refractivity contribution >= 4 is 33.2 Å². The van der Waals surface area contributed by atoms with Gasteiger partial charge < -0.3 is 19.5 Å². The SMILES string of the molecule is CC[C@H](C(=O)NC[C@H]1COc2ccccc2O1)N(c1ccc(OC)c(Cl)c1)S(C)(=O)=O. The molecule has 1 N–H and O–H groups in total. The molecule has 2 aromatic rings. The average molecular weight is 469 g/mol. The summed E-state index contributed by atoms with van der Waals surface area (Å²) < 4.78 is 42.8. The second kappa shape index (κ2) is 9.65. The molecule has 0 unspecified atom stereocenters. The Morgan fingerprint density at radius 1 is 1.29 bits per heavy atom. The second-order valence-corrected chi connectivity index (χ2v) is 9.31. The van der Waals surface area contributed by atoms with Crippen LogP contribution in [0.25, 0.3) is 0 Å². The number of hydrogen-bond donors (Lipinski definition) is 1. The first-order valence-corrected chi connectivity index (χ1v) is 12.0. The number of carbonyl (C=O) groups excluding carboxylic acids is 1.